The van der Waals surface area contributed by atoms with Crippen molar-refractivity contribution in [3.8, 4) is 5.82 Å². The number of carbonyl (C=O) groups excluding carboxylic acids is 1. The topological polar surface area (TPSA) is 83.0 Å². The van der Waals surface area contributed by atoms with Crippen molar-refractivity contribution in [3.05, 3.63) is 34.4 Å². The van der Waals surface area contributed by atoms with Crippen LogP contribution in [0, 0.1) is 5.82 Å². The standard InChI is InChI=1S/C11H10BrFN4O2/c1-2-19-11(18)9-8(14)5-17(16-9)10-7(13)3-6(12)4-15-10/h3-5H,2,14H2,1H3. The van der Waals surface area contributed by atoms with E-state index in [1.54, 1.807) is 6.92 Å². The summed E-state index contributed by atoms with van der Waals surface area (Å²) in [6.07, 6.45) is 2.73. The number of esters is 1. The molecule has 2 N–H and O–H groups in total. The molecule has 2 aromatic heterocycles. The van der Waals surface area contributed by atoms with E-state index in [0.717, 1.165) is 4.68 Å². The van der Waals surface area contributed by atoms with E-state index < -0.39 is 11.8 Å². The zero-order valence-corrected chi connectivity index (χ0v) is 11.5. The third-order valence-electron chi connectivity index (χ3n) is 2.22. The molecule has 100 valence electrons. The Balaban J connectivity index is 2.42. The second kappa shape index (κ2) is 5.35. The summed E-state index contributed by atoms with van der Waals surface area (Å²) < 4.78 is 20.1. The number of ether oxygens (including phenoxy) is 1. The molecule has 0 aromatic carbocycles. The molecular formula is C11H10BrFN4O2. The van der Waals surface area contributed by atoms with E-state index >= 15 is 0 Å². The number of halogens is 2. The number of hydrogen-bond donors (Lipinski definition) is 1. The third-order valence-corrected chi connectivity index (χ3v) is 2.65. The highest BCUT2D eigenvalue weighted by molar-refractivity contribution is 9.10. The summed E-state index contributed by atoms with van der Waals surface area (Å²) >= 11 is 3.10. The van der Waals surface area contributed by atoms with E-state index in [2.05, 4.69) is 26.0 Å². The maximum absolute atomic E-state index is 13.7. The van der Waals surface area contributed by atoms with Gasteiger partial charge in [-0.1, -0.05) is 0 Å². The summed E-state index contributed by atoms with van der Waals surface area (Å²) in [5.74, 6) is -1.30. The molecule has 0 saturated carbocycles. The van der Waals surface area contributed by atoms with Crippen molar-refractivity contribution in [2.45, 2.75) is 6.92 Å². The Morgan fingerprint density at radius 1 is 1.63 bits per heavy atom. The summed E-state index contributed by atoms with van der Waals surface area (Å²) in [6.45, 7) is 1.87. The first kappa shape index (κ1) is 13.5. The lowest BCUT2D eigenvalue weighted by molar-refractivity contribution is 0.0520. The Bertz CT molecular complexity index is 629. The van der Waals surface area contributed by atoms with E-state index in [1.165, 1.54) is 18.5 Å². The minimum Gasteiger partial charge on any atom is -0.461 e. The molecule has 19 heavy (non-hydrogen) atoms. The molecule has 0 fully saturated rings. The van der Waals surface area contributed by atoms with Crippen LogP contribution in [0.3, 0.4) is 0 Å². The van der Waals surface area contributed by atoms with Crippen LogP contribution >= 0.6 is 15.9 Å². The van der Waals surface area contributed by atoms with Crippen molar-refractivity contribution in [2.75, 3.05) is 12.3 Å². The molecule has 0 aliphatic rings. The van der Waals surface area contributed by atoms with Crippen molar-refractivity contribution in [1.82, 2.24) is 14.8 Å². The minimum absolute atomic E-state index is 0.0505. The van der Waals surface area contributed by atoms with E-state index in [0.29, 0.717) is 4.47 Å². The first-order chi connectivity index (χ1) is 9.02. The van der Waals surface area contributed by atoms with Gasteiger partial charge in [0, 0.05) is 10.7 Å². The van der Waals surface area contributed by atoms with Gasteiger partial charge < -0.3 is 10.5 Å². The lowest BCUT2D eigenvalue weighted by atomic mass is 10.4. The highest BCUT2D eigenvalue weighted by Crippen LogP contribution is 2.18. The largest absolute Gasteiger partial charge is 0.461 e. The molecular weight excluding hydrogens is 319 g/mol. The fourth-order valence-electron chi connectivity index (χ4n) is 1.43. The number of hydrogen-bond acceptors (Lipinski definition) is 5. The Morgan fingerprint density at radius 2 is 2.37 bits per heavy atom. The van der Waals surface area contributed by atoms with Crippen LogP contribution < -0.4 is 5.73 Å². The predicted molar refractivity (Wildman–Crippen MR) is 69.4 cm³/mol. The van der Waals surface area contributed by atoms with Crippen LogP contribution in [0.15, 0.2) is 22.9 Å². The highest BCUT2D eigenvalue weighted by Gasteiger charge is 2.18. The molecule has 0 amide bonds. The fourth-order valence-corrected chi connectivity index (χ4v) is 1.73. The number of nitrogens with two attached hydrogens (primary N) is 1. The van der Waals surface area contributed by atoms with Crippen molar-refractivity contribution in [3.63, 3.8) is 0 Å². The lowest BCUT2D eigenvalue weighted by Gasteiger charge is -2.01. The molecule has 0 unspecified atom stereocenters. The van der Waals surface area contributed by atoms with Gasteiger partial charge in [-0.05, 0) is 28.9 Å². The van der Waals surface area contributed by atoms with Gasteiger partial charge in [0.2, 0.25) is 0 Å². The SMILES string of the molecule is CCOC(=O)c1nn(-c2ncc(Br)cc2F)cc1N. The normalized spacial score (nSPS) is 10.5. The molecule has 6 nitrogen and oxygen atoms in total. The van der Waals surface area contributed by atoms with E-state index in [-0.39, 0.29) is 23.8 Å². The predicted octanol–water partition coefficient (Wildman–Crippen LogP) is 1.93. The summed E-state index contributed by atoms with van der Waals surface area (Å²) in [4.78, 5) is 15.4. The summed E-state index contributed by atoms with van der Waals surface area (Å²) in [7, 11) is 0. The summed E-state index contributed by atoms with van der Waals surface area (Å²) in [5.41, 5.74) is 5.68. The number of aromatic nitrogens is 3. The number of nitrogens with zero attached hydrogens (tertiary/aromatic N) is 3. The molecule has 0 aliphatic heterocycles. The molecule has 0 aliphatic carbocycles. The van der Waals surface area contributed by atoms with E-state index in [1.807, 2.05) is 0 Å². The van der Waals surface area contributed by atoms with Crippen molar-refractivity contribution >= 4 is 27.6 Å². The first-order valence-corrected chi connectivity index (χ1v) is 6.16. The van der Waals surface area contributed by atoms with Gasteiger partial charge in [-0.3, -0.25) is 0 Å². The van der Waals surface area contributed by atoms with Crippen LogP contribution in [0.1, 0.15) is 17.4 Å². The molecule has 8 heteroatoms. The highest BCUT2D eigenvalue weighted by atomic mass is 79.9. The van der Waals surface area contributed by atoms with Crippen molar-refractivity contribution in [2.24, 2.45) is 0 Å². The molecule has 0 saturated heterocycles. The molecule has 0 radical (unpaired) electrons. The maximum Gasteiger partial charge on any atom is 0.361 e. The third kappa shape index (κ3) is 2.73. The van der Waals surface area contributed by atoms with Gasteiger partial charge in [-0.25, -0.2) is 18.9 Å². The Kier molecular flexibility index (Phi) is 3.79. The molecule has 0 atom stereocenters. The Morgan fingerprint density at radius 3 is 3.00 bits per heavy atom. The number of anilines is 1. The Hall–Kier alpha value is -1.96. The van der Waals surface area contributed by atoms with Gasteiger partial charge in [0.25, 0.3) is 0 Å². The minimum atomic E-state index is -0.656. The first-order valence-electron chi connectivity index (χ1n) is 5.36. The molecule has 2 rings (SSSR count). The van der Waals surface area contributed by atoms with Gasteiger partial charge >= 0.3 is 5.97 Å². The smallest absolute Gasteiger partial charge is 0.361 e. The van der Waals surface area contributed by atoms with Crippen LogP contribution in [0.5, 0.6) is 0 Å². The second-order valence-electron chi connectivity index (χ2n) is 3.56. The van der Waals surface area contributed by atoms with Gasteiger partial charge in [0.05, 0.1) is 18.5 Å². The van der Waals surface area contributed by atoms with Crippen molar-refractivity contribution < 1.29 is 13.9 Å². The molecule has 0 spiro atoms. The summed E-state index contributed by atoms with van der Waals surface area (Å²) in [5, 5.41) is 3.89. The molecule has 2 heterocycles. The molecule has 2 aromatic rings. The number of nitrogen functional groups attached to an aromatic ring is 1. The van der Waals surface area contributed by atoms with Gasteiger partial charge in [-0.15, -0.1) is 0 Å². The number of pyridine rings is 1. The quantitative estimate of drug-likeness (QED) is 0.870. The van der Waals surface area contributed by atoms with Crippen molar-refractivity contribution in [1.29, 1.82) is 0 Å². The average Bonchev–Trinajstić information content (AvgIpc) is 2.71. The van der Waals surface area contributed by atoms with Crippen LogP contribution in [-0.2, 0) is 4.74 Å². The second-order valence-corrected chi connectivity index (χ2v) is 4.47. The van der Waals surface area contributed by atoms with Gasteiger partial charge in [0.15, 0.2) is 17.3 Å². The Labute approximate surface area is 116 Å². The van der Waals surface area contributed by atoms with E-state index in [9.17, 15) is 9.18 Å². The van der Waals surface area contributed by atoms with Gasteiger partial charge in [-0.2, -0.15) is 5.10 Å². The summed E-state index contributed by atoms with van der Waals surface area (Å²) in [6, 6.07) is 1.24. The number of carbonyl (C=O) groups is 1. The van der Waals surface area contributed by atoms with Gasteiger partial charge in [0.1, 0.15) is 0 Å². The van der Waals surface area contributed by atoms with Crippen LogP contribution in [0.4, 0.5) is 10.1 Å². The van der Waals surface area contributed by atoms with Crippen LogP contribution in [0.25, 0.3) is 5.82 Å². The monoisotopic (exact) mass is 328 g/mol. The zero-order chi connectivity index (χ0) is 14.0. The fraction of sp³-hybridized carbons (Fsp3) is 0.182. The average molecular weight is 329 g/mol. The van der Waals surface area contributed by atoms with Crippen LogP contribution in [-0.4, -0.2) is 27.3 Å². The lowest BCUT2D eigenvalue weighted by Crippen LogP contribution is -2.09. The van der Waals surface area contributed by atoms with Crippen LogP contribution in [0.2, 0.25) is 0 Å². The number of rotatable bonds is 3. The van der Waals surface area contributed by atoms with E-state index in [4.69, 9.17) is 10.5 Å². The molecule has 0 bridgehead atoms. The zero-order valence-electron chi connectivity index (χ0n) is 9.93. The maximum atomic E-state index is 13.7.